The number of halogens is 2. The zero-order valence-corrected chi connectivity index (χ0v) is 15.5. The zero-order chi connectivity index (χ0) is 17.8. The van der Waals surface area contributed by atoms with Gasteiger partial charge in [0.1, 0.15) is 5.75 Å². The second-order valence-electron chi connectivity index (χ2n) is 5.88. The summed E-state index contributed by atoms with van der Waals surface area (Å²) in [6, 6.07) is 12.3. The number of benzene rings is 2. The molecule has 0 aliphatic carbocycles. The molecule has 1 amide bonds. The zero-order valence-electron chi connectivity index (χ0n) is 13.9. The van der Waals surface area contributed by atoms with Gasteiger partial charge >= 0.3 is 0 Å². The van der Waals surface area contributed by atoms with Crippen LogP contribution in [0.1, 0.15) is 24.4 Å². The Hall–Kier alpha value is -2.08. The van der Waals surface area contributed by atoms with Crippen molar-refractivity contribution in [3.63, 3.8) is 0 Å². The minimum atomic E-state index is -0.490. The van der Waals surface area contributed by atoms with E-state index in [1.165, 1.54) is 12.1 Å². The van der Waals surface area contributed by atoms with E-state index in [0.717, 1.165) is 24.2 Å². The minimum Gasteiger partial charge on any atom is -0.497 e. The molecule has 4 nitrogen and oxygen atoms in total. The van der Waals surface area contributed by atoms with E-state index in [9.17, 15) is 9.18 Å². The Morgan fingerprint density at radius 3 is 2.72 bits per heavy atom. The summed E-state index contributed by atoms with van der Waals surface area (Å²) >= 11 is 3.19. The molecule has 1 heterocycles. The molecule has 1 fully saturated rings. The van der Waals surface area contributed by atoms with Crippen molar-refractivity contribution in [1.29, 1.82) is 0 Å². The molecule has 25 heavy (non-hydrogen) atoms. The second-order valence-corrected chi connectivity index (χ2v) is 6.80. The van der Waals surface area contributed by atoms with Gasteiger partial charge in [0.05, 0.1) is 13.2 Å². The van der Waals surface area contributed by atoms with Crippen LogP contribution in [0.4, 0.5) is 4.39 Å². The Labute approximate surface area is 154 Å². The highest BCUT2D eigenvalue weighted by atomic mass is 79.9. The monoisotopic (exact) mass is 407 g/mol. The summed E-state index contributed by atoms with van der Waals surface area (Å²) in [4.78, 5) is 14.4. The van der Waals surface area contributed by atoms with Crippen LogP contribution in [0.25, 0.3) is 0 Å². The summed E-state index contributed by atoms with van der Waals surface area (Å²) in [5.74, 6) is 0.237. The fourth-order valence-corrected chi connectivity index (χ4v) is 3.39. The van der Waals surface area contributed by atoms with Crippen molar-refractivity contribution in [2.24, 2.45) is 0 Å². The van der Waals surface area contributed by atoms with Crippen molar-refractivity contribution in [2.75, 3.05) is 20.3 Å². The van der Waals surface area contributed by atoms with Crippen LogP contribution >= 0.6 is 15.9 Å². The maximum absolute atomic E-state index is 13.8. The Balaban J connectivity index is 1.65. The Morgan fingerprint density at radius 2 is 2.04 bits per heavy atom. The van der Waals surface area contributed by atoms with Crippen LogP contribution in [0.15, 0.2) is 46.9 Å². The molecule has 1 unspecified atom stereocenters. The van der Waals surface area contributed by atoms with Gasteiger partial charge in [0.15, 0.2) is 18.2 Å². The molecule has 3 rings (SSSR count). The third kappa shape index (κ3) is 4.12. The quantitative estimate of drug-likeness (QED) is 0.739. The standard InChI is InChI=1S/C19H19BrFNO3/c1-24-15-7-4-13(5-8-15)17-3-2-10-22(17)19(23)12-25-18-9-6-14(20)11-16(18)21/h4-9,11,17H,2-3,10,12H2,1H3. The first-order valence-corrected chi connectivity index (χ1v) is 8.89. The topological polar surface area (TPSA) is 38.8 Å². The van der Waals surface area contributed by atoms with Gasteiger partial charge in [0.2, 0.25) is 0 Å². The lowest BCUT2D eigenvalue weighted by Crippen LogP contribution is -2.34. The maximum atomic E-state index is 13.8. The van der Waals surface area contributed by atoms with Crippen molar-refractivity contribution in [2.45, 2.75) is 18.9 Å². The first-order valence-electron chi connectivity index (χ1n) is 8.10. The fourth-order valence-electron chi connectivity index (χ4n) is 3.05. The second kappa shape index (κ2) is 7.87. The molecule has 0 radical (unpaired) electrons. The molecule has 0 N–H and O–H groups in total. The number of hydrogen-bond acceptors (Lipinski definition) is 3. The number of nitrogens with zero attached hydrogens (tertiary/aromatic N) is 1. The normalized spacial score (nSPS) is 16.8. The predicted molar refractivity (Wildman–Crippen MR) is 96.3 cm³/mol. The van der Waals surface area contributed by atoms with Crippen LogP contribution in [0.5, 0.6) is 11.5 Å². The van der Waals surface area contributed by atoms with Gasteiger partial charge in [-0.25, -0.2) is 4.39 Å². The van der Waals surface area contributed by atoms with Crippen molar-refractivity contribution in [3.05, 3.63) is 58.3 Å². The predicted octanol–water partition coefficient (Wildman–Crippen LogP) is 4.34. The summed E-state index contributed by atoms with van der Waals surface area (Å²) in [6.07, 6.45) is 1.85. The molecule has 0 saturated carbocycles. The Kier molecular flexibility index (Phi) is 5.58. The first kappa shape index (κ1) is 17.7. The first-order chi connectivity index (χ1) is 12.1. The van der Waals surface area contributed by atoms with Crippen molar-refractivity contribution in [1.82, 2.24) is 4.90 Å². The van der Waals surface area contributed by atoms with Crippen molar-refractivity contribution < 1.29 is 18.7 Å². The lowest BCUT2D eigenvalue weighted by molar-refractivity contribution is -0.134. The molecule has 6 heteroatoms. The summed E-state index contributed by atoms with van der Waals surface area (Å²) in [6.45, 7) is 0.507. The van der Waals surface area contributed by atoms with E-state index in [1.807, 2.05) is 24.3 Å². The van der Waals surface area contributed by atoms with E-state index in [2.05, 4.69) is 15.9 Å². The molecule has 2 aromatic rings. The van der Waals surface area contributed by atoms with Gasteiger partial charge < -0.3 is 14.4 Å². The van der Waals surface area contributed by atoms with Gasteiger partial charge in [-0.2, -0.15) is 0 Å². The number of ether oxygens (including phenoxy) is 2. The lowest BCUT2D eigenvalue weighted by atomic mass is 10.0. The molecular formula is C19H19BrFNO3. The third-order valence-electron chi connectivity index (χ3n) is 4.32. The highest BCUT2D eigenvalue weighted by molar-refractivity contribution is 9.10. The van der Waals surface area contributed by atoms with Crippen molar-refractivity contribution in [3.8, 4) is 11.5 Å². The van der Waals surface area contributed by atoms with E-state index < -0.39 is 5.82 Å². The summed E-state index contributed by atoms with van der Waals surface area (Å²) in [5, 5.41) is 0. The molecule has 1 atom stereocenters. The molecule has 1 aliphatic rings. The number of carbonyl (C=O) groups excluding carboxylic acids is 1. The van der Waals surface area contributed by atoms with Crippen LogP contribution < -0.4 is 9.47 Å². The highest BCUT2D eigenvalue weighted by Gasteiger charge is 2.30. The molecule has 0 aromatic heterocycles. The van der Waals surface area contributed by atoms with Gasteiger partial charge in [-0.1, -0.05) is 28.1 Å². The average Bonchev–Trinajstić information content (AvgIpc) is 3.10. The third-order valence-corrected chi connectivity index (χ3v) is 4.81. The minimum absolute atomic E-state index is 0.0248. The van der Waals surface area contributed by atoms with E-state index in [0.29, 0.717) is 11.0 Å². The molecule has 132 valence electrons. The van der Waals surface area contributed by atoms with Crippen molar-refractivity contribution >= 4 is 21.8 Å². The molecule has 2 aromatic carbocycles. The summed E-state index contributed by atoms with van der Waals surface area (Å²) in [5.41, 5.74) is 1.07. The van der Waals surface area contributed by atoms with Crippen LogP contribution in [0, 0.1) is 5.82 Å². The van der Waals surface area contributed by atoms with E-state index in [1.54, 1.807) is 18.1 Å². The molecule has 0 bridgehead atoms. The van der Waals surface area contributed by atoms with Crippen LogP contribution in [-0.2, 0) is 4.79 Å². The van der Waals surface area contributed by atoms with E-state index >= 15 is 0 Å². The Bertz CT molecular complexity index is 751. The SMILES string of the molecule is COc1ccc(C2CCCN2C(=O)COc2ccc(Br)cc2F)cc1. The fraction of sp³-hybridized carbons (Fsp3) is 0.316. The summed E-state index contributed by atoms with van der Waals surface area (Å²) in [7, 11) is 1.62. The lowest BCUT2D eigenvalue weighted by Gasteiger charge is -2.25. The number of methoxy groups -OCH3 is 1. The van der Waals surface area contributed by atoms with Gasteiger partial charge in [0, 0.05) is 11.0 Å². The van der Waals surface area contributed by atoms with E-state index in [-0.39, 0.29) is 24.3 Å². The van der Waals surface area contributed by atoms with Gasteiger partial charge in [0.25, 0.3) is 5.91 Å². The van der Waals surface area contributed by atoms with Gasteiger partial charge in [-0.05, 0) is 48.7 Å². The molecule has 1 saturated heterocycles. The molecule has 0 spiro atoms. The smallest absolute Gasteiger partial charge is 0.261 e. The number of carbonyl (C=O) groups is 1. The number of rotatable bonds is 5. The highest BCUT2D eigenvalue weighted by Crippen LogP contribution is 2.33. The van der Waals surface area contributed by atoms with Gasteiger partial charge in [-0.3, -0.25) is 4.79 Å². The Morgan fingerprint density at radius 1 is 1.28 bits per heavy atom. The molecule has 1 aliphatic heterocycles. The van der Waals surface area contributed by atoms with Gasteiger partial charge in [-0.15, -0.1) is 0 Å². The number of likely N-dealkylation sites (tertiary alicyclic amines) is 1. The van der Waals surface area contributed by atoms with Crippen LogP contribution in [0.2, 0.25) is 0 Å². The van der Waals surface area contributed by atoms with Crippen LogP contribution in [-0.4, -0.2) is 31.1 Å². The van der Waals surface area contributed by atoms with E-state index in [4.69, 9.17) is 9.47 Å². The van der Waals surface area contributed by atoms with Crippen LogP contribution in [0.3, 0.4) is 0 Å². The number of hydrogen-bond donors (Lipinski definition) is 0. The average molecular weight is 408 g/mol. The molecular weight excluding hydrogens is 389 g/mol. The summed E-state index contributed by atoms with van der Waals surface area (Å²) < 4.78 is 25.0. The largest absolute Gasteiger partial charge is 0.497 e. The number of amides is 1. The maximum Gasteiger partial charge on any atom is 0.261 e.